The summed E-state index contributed by atoms with van der Waals surface area (Å²) in [6, 6.07) is 14.6. The average Bonchev–Trinajstić information content (AvgIpc) is 2.58. The van der Waals surface area contributed by atoms with Gasteiger partial charge in [-0.05, 0) is 42.9 Å². The van der Waals surface area contributed by atoms with Crippen LogP contribution in [0.2, 0.25) is 0 Å². The zero-order valence-electron chi connectivity index (χ0n) is 13.4. The Morgan fingerprint density at radius 1 is 0.727 bits per heavy atom. The van der Waals surface area contributed by atoms with Crippen LogP contribution in [-0.2, 0) is 19.4 Å². The van der Waals surface area contributed by atoms with Crippen molar-refractivity contribution in [2.45, 2.75) is 58.0 Å². The van der Waals surface area contributed by atoms with Crippen molar-refractivity contribution in [2.75, 3.05) is 0 Å². The summed E-state index contributed by atoms with van der Waals surface area (Å²) in [5.41, 5.74) is 3.49. The number of benzene rings is 1. The van der Waals surface area contributed by atoms with Crippen LogP contribution in [0.4, 0.5) is 0 Å². The summed E-state index contributed by atoms with van der Waals surface area (Å²) in [6.07, 6.45) is 11.7. The minimum atomic E-state index is 0.0999. The summed E-state index contributed by atoms with van der Waals surface area (Å²) in [4.78, 5) is 4.37. The van der Waals surface area contributed by atoms with Crippen LogP contribution >= 0.6 is 0 Å². The van der Waals surface area contributed by atoms with Gasteiger partial charge in [0.2, 0.25) is 0 Å². The van der Waals surface area contributed by atoms with Crippen LogP contribution < -0.4 is 0 Å². The number of rotatable bonds is 10. The van der Waals surface area contributed by atoms with E-state index in [1.165, 1.54) is 50.5 Å². The van der Waals surface area contributed by atoms with Crippen molar-refractivity contribution >= 4 is 0 Å². The maximum atomic E-state index is 9.27. The van der Waals surface area contributed by atoms with Gasteiger partial charge in [-0.3, -0.25) is 4.98 Å². The number of hydrogen-bond acceptors (Lipinski definition) is 2. The van der Waals surface area contributed by atoms with E-state index in [9.17, 15) is 5.11 Å². The Bertz CT molecular complexity index is 524. The van der Waals surface area contributed by atoms with E-state index in [1.807, 2.05) is 18.3 Å². The first-order valence-corrected chi connectivity index (χ1v) is 8.47. The van der Waals surface area contributed by atoms with Crippen molar-refractivity contribution in [1.29, 1.82) is 0 Å². The number of aryl methyl sites for hydroxylation is 2. The highest BCUT2D eigenvalue weighted by Gasteiger charge is 2.01. The van der Waals surface area contributed by atoms with Crippen LogP contribution in [0.3, 0.4) is 0 Å². The lowest BCUT2D eigenvalue weighted by molar-refractivity contribution is 0.280. The third-order valence-electron chi connectivity index (χ3n) is 4.13. The monoisotopic (exact) mass is 297 g/mol. The standard InChI is InChI=1S/C20H27NO/c22-17-19-14-10-16-21-20(19)15-9-4-2-1-3-6-11-18-12-7-5-8-13-18/h5,7-8,10,12-14,16,22H,1-4,6,9,11,15,17H2. The van der Waals surface area contributed by atoms with Gasteiger partial charge in [0.15, 0.2) is 0 Å². The molecule has 0 saturated carbocycles. The topological polar surface area (TPSA) is 33.1 Å². The highest BCUT2D eigenvalue weighted by Crippen LogP contribution is 2.13. The first-order chi connectivity index (χ1) is 10.9. The highest BCUT2D eigenvalue weighted by atomic mass is 16.3. The molecule has 2 aromatic rings. The van der Waals surface area contributed by atoms with E-state index < -0.39 is 0 Å². The molecule has 0 spiro atoms. The van der Waals surface area contributed by atoms with Gasteiger partial charge in [0.1, 0.15) is 0 Å². The van der Waals surface area contributed by atoms with Crippen molar-refractivity contribution in [3.63, 3.8) is 0 Å². The van der Waals surface area contributed by atoms with Gasteiger partial charge in [-0.15, -0.1) is 0 Å². The lowest BCUT2D eigenvalue weighted by atomic mass is 10.0. The number of pyridine rings is 1. The van der Waals surface area contributed by atoms with Crippen molar-refractivity contribution in [2.24, 2.45) is 0 Å². The fourth-order valence-corrected chi connectivity index (χ4v) is 2.81. The number of hydrogen-bond donors (Lipinski definition) is 1. The van der Waals surface area contributed by atoms with Crippen LogP contribution in [0.5, 0.6) is 0 Å². The molecule has 0 atom stereocenters. The minimum absolute atomic E-state index is 0.0999. The molecule has 0 radical (unpaired) electrons. The molecule has 0 amide bonds. The number of unbranched alkanes of at least 4 members (excludes halogenated alkanes) is 5. The quantitative estimate of drug-likeness (QED) is 0.645. The van der Waals surface area contributed by atoms with Gasteiger partial charge in [0.05, 0.1) is 6.61 Å². The first kappa shape index (κ1) is 16.7. The van der Waals surface area contributed by atoms with E-state index in [0.29, 0.717) is 0 Å². The van der Waals surface area contributed by atoms with Gasteiger partial charge in [-0.1, -0.05) is 62.1 Å². The van der Waals surface area contributed by atoms with Crippen LogP contribution in [0.15, 0.2) is 48.7 Å². The number of aliphatic hydroxyl groups is 1. The summed E-state index contributed by atoms with van der Waals surface area (Å²) < 4.78 is 0. The van der Waals surface area contributed by atoms with Gasteiger partial charge >= 0.3 is 0 Å². The lowest BCUT2D eigenvalue weighted by Gasteiger charge is -2.06. The second kappa shape index (κ2) is 10.1. The van der Waals surface area contributed by atoms with Crippen LogP contribution in [0.25, 0.3) is 0 Å². The van der Waals surface area contributed by atoms with E-state index in [-0.39, 0.29) is 6.61 Å². The van der Waals surface area contributed by atoms with Crippen LogP contribution in [0, 0.1) is 0 Å². The molecule has 22 heavy (non-hydrogen) atoms. The van der Waals surface area contributed by atoms with Crippen molar-refractivity contribution in [3.8, 4) is 0 Å². The average molecular weight is 297 g/mol. The molecule has 2 nitrogen and oxygen atoms in total. The Morgan fingerprint density at radius 3 is 2.14 bits per heavy atom. The fourth-order valence-electron chi connectivity index (χ4n) is 2.81. The molecular formula is C20H27NO. The number of nitrogens with zero attached hydrogens (tertiary/aromatic N) is 1. The summed E-state index contributed by atoms with van der Waals surface area (Å²) in [6.45, 7) is 0.0999. The molecule has 0 aliphatic rings. The number of aromatic nitrogens is 1. The second-order valence-corrected chi connectivity index (χ2v) is 5.87. The SMILES string of the molecule is OCc1cccnc1CCCCCCCCc1ccccc1. The Balaban J connectivity index is 1.51. The minimum Gasteiger partial charge on any atom is -0.392 e. The first-order valence-electron chi connectivity index (χ1n) is 8.47. The predicted octanol–water partition coefficient (Wildman–Crippen LogP) is 4.70. The smallest absolute Gasteiger partial charge is 0.0699 e. The summed E-state index contributed by atoms with van der Waals surface area (Å²) in [5, 5.41) is 9.27. The van der Waals surface area contributed by atoms with Crippen molar-refractivity contribution in [3.05, 3.63) is 65.5 Å². The zero-order chi connectivity index (χ0) is 15.5. The molecule has 0 bridgehead atoms. The summed E-state index contributed by atoms with van der Waals surface area (Å²) in [7, 11) is 0. The largest absolute Gasteiger partial charge is 0.392 e. The Morgan fingerprint density at radius 2 is 1.41 bits per heavy atom. The number of aliphatic hydroxyl groups excluding tert-OH is 1. The predicted molar refractivity (Wildman–Crippen MR) is 91.7 cm³/mol. The zero-order valence-corrected chi connectivity index (χ0v) is 13.4. The van der Waals surface area contributed by atoms with E-state index in [1.54, 1.807) is 0 Å². The summed E-state index contributed by atoms with van der Waals surface area (Å²) >= 11 is 0. The molecule has 1 N–H and O–H groups in total. The van der Waals surface area contributed by atoms with Gasteiger partial charge in [0.25, 0.3) is 0 Å². The molecule has 0 aliphatic carbocycles. The van der Waals surface area contributed by atoms with E-state index >= 15 is 0 Å². The highest BCUT2D eigenvalue weighted by molar-refractivity contribution is 5.18. The van der Waals surface area contributed by atoms with Gasteiger partial charge in [-0.2, -0.15) is 0 Å². The molecule has 0 saturated heterocycles. The molecule has 2 heteroatoms. The van der Waals surface area contributed by atoms with Gasteiger partial charge in [0, 0.05) is 11.9 Å². The molecule has 0 unspecified atom stereocenters. The fraction of sp³-hybridized carbons (Fsp3) is 0.450. The maximum Gasteiger partial charge on any atom is 0.0699 e. The van der Waals surface area contributed by atoms with Crippen molar-refractivity contribution in [1.82, 2.24) is 4.98 Å². The van der Waals surface area contributed by atoms with E-state index in [4.69, 9.17) is 0 Å². The van der Waals surface area contributed by atoms with E-state index in [2.05, 4.69) is 35.3 Å². The Kier molecular flexibility index (Phi) is 7.68. The lowest BCUT2D eigenvalue weighted by Crippen LogP contribution is -1.97. The van der Waals surface area contributed by atoms with Crippen LogP contribution in [0.1, 0.15) is 55.3 Å². The molecule has 1 aromatic carbocycles. The molecule has 0 aliphatic heterocycles. The molecule has 1 heterocycles. The van der Waals surface area contributed by atoms with Crippen LogP contribution in [-0.4, -0.2) is 10.1 Å². The van der Waals surface area contributed by atoms with Gasteiger partial charge < -0.3 is 5.11 Å². The third-order valence-corrected chi connectivity index (χ3v) is 4.13. The maximum absolute atomic E-state index is 9.27. The molecule has 0 fully saturated rings. The second-order valence-electron chi connectivity index (χ2n) is 5.87. The normalized spacial score (nSPS) is 10.8. The molecular weight excluding hydrogens is 270 g/mol. The Labute approximate surface area is 134 Å². The Hall–Kier alpha value is -1.67. The summed E-state index contributed by atoms with van der Waals surface area (Å²) in [5.74, 6) is 0. The molecule has 118 valence electrons. The van der Waals surface area contributed by atoms with E-state index in [0.717, 1.165) is 17.7 Å². The van der Waals surface area contributed by atoms with Gasteiger partial charge in [-0.25, -0.2) is 0 Å². The third kappa shape index (κ3) is 5.98. The molecule has 1 aromatic heterocycles. The molecule has 2 rings (SSSR count). The van der Waals surface area contributed by atoms with Crippen molar-refractivity contribution < 1.29 is 5.11 Å².